The van der Waals surface area contributed by atoms with E-state index in [9.17, 15) is 18.0 Å². The molecule has 2 aliphatic rings. The predicted octanol–water partition coefficient (Wildman–Crippen LogP) is 3.51. The lowest BCUT2D eigenvalue weighted by atomic mass is 9.98. The molecular weight excluding hydrogens is 355 g/mol. The normalized spacial score (nSPS) is 19.9. The molecule has 142 valence electrons. The van der Waals surface area contributed by atoms with Crippen molar-refractivity contribution in [2.24, 2.45) is 5.92 Å². The zero-order chi connectivity index (χ0) is 19.0. The van der Waals surface area contributed by atoms with Gasteiger partial charge in [0, 0.05) is 26.2 Å². The van der Waals surface area contributed by atoms with E-state index < -0.39 is 11.9 Å². The number of pyridine rings is 1. The molecule has 0 spiro atoms. The average Bonchev–Trinajstić information content (AvgIpc) is 3.16. The van der Waals surface area contributed by atoms with E-state index >= 15 is 0 Å². The van der Waals surface area contributed by atoms with Crippen molar-refractivity contribution in [3.05, 3.63) is 59.4 Å². The van der Waals surface area contributed by atoms with Crippen LogP contribution in [0.4, 0.5) is 18.9 Å². The van der Waals surface area contributed by atoms with E-state index in [1.807, 2.05) is 21.9 Å². The van der Waals surface area contributed by atoms with Gasteiger partial charge in [-0.2, -0.15) is 13.2 Å². The third-order valence-electron chi connectivity index (χ3n) is 5.38. The second-order valence-corrected chi connectivity index (χ2v) is 7.11. The number of benzene rings is 1. The van der Waals surface area contributed by atoms with Gasteiger partial charge in [-0.1, -0.05) is 24.3 Å². The summed E-state index contributed by atoms with van der Waals surface area (Å²) in [5.41, 5.74) is 2.22. The van der Waals surface area contributed by atoms with Crippen LogP contribution in [0.15, 0.2) is 42.6 Å². The SMILES string of the molecule is O=C(C1CCN(c2ccc(C(F)(F)F)nc2)C1)N1CCc2ccccc2C1. The van der Waals surface area contributed by atoms with E-state index in [2.05, 4.69) is 17.1 Å². The Morgan fingerprint density at radius 2 is 1.85 bits per heavy atom. The van der Waals surface area contributed by atoms with Gasteiger partial charge in [0.2, 0.25) is 5.91 Å². The zero-order valence-corrected chi connectivity index (χ0v) is 14.7. The van der Waals surface area contributed by atoms with Crippen LogP contribution in [0.1, 0.15) is 23.2 Å². The number of carbonyl (C=O) groups is 1. The number of aromatic nitrogens is 1. The van der Waals surface area contributed by atoms with Crippen molar-refractivity contribution < 1.29 is 18.0 Å². The van der Waals surface area contributed by atoms with E-state index in [4.69, 9.17) is 0 Å². The number of fused-ring (bicyclic) bond motifs is 1. The maximum absolute atomic E-state index is 12.9. The third kappa shape index (κ3) is 3.63. The molecule has 0 radical (unpaired) electrons. The zero-order valence-electron chi connectivity index (χ0n) is 14.7. The van der Waals surface area contributed by atoms with Crippen LogP contribution in [-0.4, -0.2) is 35.4 Å². The maximum Gasteiger partial charge on any atom is 0.433 e. The Morgan fingerprint density at radius 1 is 1.07 bits per heavy atom. The first kappa shape index (κ1) is 17.8. The molecule has 4 nitrogen and oxygen atoms in total. The number of rotatable bonds is 2. The molecular formula is C20H20F3N3O. The van der Waals surface area contributed by atoms with Crippen molar-refractivity contribution in [1.82, 2.24) is 9.88 Å². The van der Waals surface area contributed by atoms with Crippen molar-refractivity contribution in [2.45, 2.75) is 25.6 Å². The number of halogens is 3. The van der Waals surface area contributed by atoms with Gasteiger partial charge in [-0.25, -0.2) is 4.98 Å². The Bertz CT molecular complexity index is 835. The topological polar surface area (TPSA) is 36.4 Å². The minimum atomic E-state index is -4.44. The number of anilines is 1. The summed E-state index contributed by atoms with van der Waals surface area (Å²) in [6.45, 7) is 2.51. The third-order valence-corrected chi connectivity index (χ3v) is 5.38. The Hall–Kier alpha value is -2.57. The first-order valence-electron chi connectivity index (χ1n) is 9.05. The van der Waals surface area contributed by atoms with Crippen LogP contribution in [-0.2, 0) is 23.9 Å². The smallest absolute Gasteiger partial charge is 0.369 e. The summed E-state index contributed by atoms with van der Waals surface area (Å²) in [6.07, 6.45) is -1.63. The first-order valence-corrected chi connectivity index (χ1v) is 9.05. The number of hydrogen-bond acceptors (Lipinski definition) is 3. The van der Waals surface area contributed by atoms with Crippen molar-refractivity contribution in [3.8, 4) is 0 Å². The minimum Gasteiger partial charge on any atom is -0.369 e. The molecule has 0 saturated carbocycles. The monoisotopic (exact) mass is 375 g/mol. The van der Waals surface area contributed by atoms with Gasteiger partial charge in [0.05, 0.1) is 17.8 Å². The molecule has 0 aliphatic carbocycles. The molecule has 27 heavy (non-hydrogen) atoms. The molecule has 1 atom stereocenters. The van der Waals surface area contributed by atoms with E-state index in [1.165, 1.54) is 23.4 Å². The average molecular weight is 375 g/mol. The van der Waals surface area contributed by atoms with Gasteiger partial charge in [0.15, 0.2) is 0 Å². The van der Waals surface area contributed by atoms with Gasteiger partial charge in [-0.3, -0.25) is 4.79 Å². The maximum atomic E-state index is 12.9. The van der Waals surface area contributed by atoms with Crippen LogP contribution >= 0.6 is 0 Å². The Balaban J connectivity index is 1.40. The van der Waals surface area contributed by atoms with E-state index in [0.29, 0.717) is 38.3 Å². The van der Waals surface area contributed by atoms with Gasteiger partial charge >= 0.3 is 6.18 Å². The van der Waals surface area contributed by atoms with Crippen molar-refractivity contribution in [3.63, 3.8) is 0 Å². The van der Waals surface area contributed by atoms with E-state index in [1.54, 1.807) is 0 Å². The highest BCUT2D eigenvalue weighted by Gasteiger charge is 2.34. The minimum absolute atomic E-state index is 0.127. The van der Waals surface area contributed by atoms with Crippen molar-refractivity contribution in [2.75, 3.05) is 24.5 Å². The molecule has 0 N–H and O–H groups in total. The van der Waals surface area contributed by atoms with Crippen LogP contribution in [0.3, 0.4) is 0 Å². The van der Waals surface area contributed by atoms with Gasteiger partial charge in [0.1, 0.15) is 5.69 Å². The molecule has 7 heteroatoms. The number of carbonyl (C=O) groups excluding carboxylic acids is 1. The fourth-order valence-corrected chi connectivity index (χ4v) is 3.88. The van der Waals surface area contributed by atoms with Crippen LogP contribution in [0.2, 0.25) is 0 Å². The lowest BCUT2D eigenvalue weighted by Crippen LogP contribution is -2.40. The highest BCUT2D eigenvalue weighted by molar-refractivity contribution is 5.80. The molecule has 4 rings (SSSR count). The largest absolute Gasteiger partial charge is 0.433 e. The number of nitrogens with zero attached hydrogens (tertiary/aromatic N) is 3. The quantitative estimate of drug-likeness (QED) is 0.806. The van der Waals surface area contributed by atoms with Gasteiger partial charge in [-0.15, -0.1) is 0 Å². The van der Waals surface area contributed by atoms with Gasteiger partial charge in [-0.05, 0) is 36.1 Å². The molecule has 2 aliphatic heterocycles. The fraction of sp³-hybridized carbons (Fsp3) is 0.400. The summed E-state index contributed by atoms with van der Waals surface area (Å²) in [6, 6.07) is 10.6. The second kappa shape index (κ2) is 6.87. The summed E-state index contributed by atoms with van der Waals surface area (Å²) < 4.78 is 37.9. The Morgan fingerprint density at radius 3 is 2.56 bits per heavy atom. The summed E-state index contributed by atoms with van der Waals surface area (Å²) in [7, 11) is 0. The van der Waals surface area contributed by atoms with Crippen LogP contribution in [0.5, 0.6) is 0 Å². The molecule has 0 bridgehead atoms. The van der Waals surface area contributed by atoms with E-state index in [0.717, 1.165) is 12.5 Å². The van der Waals surface area contributed by atoms with Crippen molar-refractivity contribution in [1.29, 1.82) is 0 Å². The Labute approximate surface area is 155 Å². The van der Waals surface area contributed by atoms with Crippen LogP contribution in [0, 0.1) is 5.92 Å². The summed E-state index contributed by atoms with van der Waals surface area (Å²) in [5, 5.41) is 0. The number of alkyl halides is 3. The molecule has 1 unspecified atom stereocenters. The van der Waals surface area contributed by atoms with Crippen LogP contribution < -0.4 is 4.90 Å². The fourth-order valence-electron chi connectivity index (χ4n) is 3.88. The second-order valence-electron chi connectivity index (χ2n) is 7.11. The lowest BCUT2D eigenvalue weighted by Gasteiger charge is -2.31. The number of hydrogen-bond donors (Lipinski definition) is 0. The predicted molar refractivity (Wildman–Crippen MR) is 95.1 cm³/mol. The standard InChI is InChI=1S/C20H20F3N3O/c21-20(22,23)18-6-5-17(11-24-18)25-9-8-16(13-25)19(27)26-10-7-14-3-1-2-4-15(14)12-26/h1-6,11,16H,7-10,12-13H2. The van der Waals surface area contributed by atoms with Crippen LogP contribution in [0.25, 0.3) is 0 Å². The van der Waals surface area contributed by atoms with Gasteiger partial charge in [0.25, 0.3) is 0 Å². The van der Waals surface area contributed by atoms with E-state index in [-0.39, 0.29) is 11.8 Å². The summed E-state index contributed by atoms with van der Waals surface area (Å²) in [5.74, 6) is 0.00410. The molecule has 1 aromatic heterocycles. The highest BCUT2D eigenvalue weighted by atomic mass is 19.4. The molecule has 3 heterocycles. The molecule has 1 aromatic carbocycles. The highest BCUT2D eigenvalue weighted by Crippen LogP contribution is 2.30. The molecule has 2 aromatic rings. The lowest BCUT2D eigenvalue weighted by molar-refractivity contribution is -0.141. The molecule has 1 fully saturated rings. The number of amides is 1. The first-order chi connectivity index (χ1) is 12.9. The Kier molecular flexibility index (Phi) is 4.53. The summed E-state index contributed by atoms with van der Waals surface area (Å²) in [4.78, 5) is 20.3. The molecule has 1 amide bonds. The molecule has 1 saturated heterocycles. The summed E-state index contributed by atoms with van der Waals surface area (Å²) >= 11 is 0. The van der Waals surface area contributed by atoms with Gasteiger partial charge < -0.3 is 9.80 Å². The van der Waals surface area contributed by atoms with Crippen molar-refractivity contribution >= 4 is 11.6 Å².